The predicted octanol–water partition coefficient (Wildman–Crippen LogP) is 3.39. The first kappa shape index (κ1) is 23.1. The zero-order valence-corrected chi connectivity index (χ0v) is 21.0. The van der Waals surface area contributed by atoms with Crippen LogP contribution < -0.4 is 14.8 Å². The molecule has 0 unspecified atom stereocenters. The summed E-state index contributed by atoms with van der Waals surface area (Å²) in [6.07, 6.45) is 0. The minimum Gasteiger partial charge on any atom is -0.454 e. The van der Waals surface area contributed by atoms with Crippen molar-refractivity contribution >= 4 is 41.3 Å². The lowest BCUT2D eigenvalue weighted by Gasteiger charge is -2.36. The number of aliphatic imine (C=N–C) groups is 1. The molecule has 9 heteroatoms. The van der Waals surface area contributed by atoms with Gasteiger partial charge in [-0.05, 0) is 38.5 Å². The SMILES string of the molecule is CCNC(=NCc1sc(C)nc1C)N1CCN(Cc2ccc3c(c2)OCO3)CC1.I. The number of aryl methyl sites for hydroxylation is 2. The zero-order valence-electron chi connectivity index (χ0n) is 17.8. The van der Waals surface area contributed by atoms with Crippen LogP contribution >= 0.6 is 35.3 Å². The molecule has 4 rings (SSSR count). The topological polar surface area (TPSA) is 62.2 Å². The van der Waals surface area contributed by atoms with Crippen LogP contribution in [0.3, 0.4) is 0 Å². The van der Waals surface area contributed by atoms with Crippen molar-refractivity contribution in [1.29, 1.82) is 0 Å². The maximum atomic E-state index is 5.50. The van der Waals surface area contributed by atoms with E-state index in [0.717, 1.165) is 67.4 Å². The number of piperazine rings is 1. The van der Waals surface area contributed by atoms with E-state index in [9.17, 15) is 0 Å². The van der Waals surface area contributed by atoms with Gasteiger partial charge in [-0.15, -0.1) is 35.3 Å². The van der Waals surface area contributed by atoms with Gasteiger partial charge in [0.2, 0.25) is 6.79 Å². The van der Waals surface area contributed by atoms with Crippen molar-refractivity contribution in [3.63, 3.8) is 0 Å². The first-order valence-electron chi connectivity index (χ1n) is 10.2. The molecule has 0 amide bonds. The molecule has 0 spiro atoms. The molecule has 1 fully saturated rings. The lowest BCUT2D eigenvalue weighted by Crippen LogP contribution is -2.52. The van der Waals surface area contributed by atoms with E-state index in [1.54, 1.807) is 11.3 Å². The van der Waals surface area contributed by atoms with E-state index in [2.05, 4.69) is 53.0 Å². The van der Waals surface area contributed by atoms with E-state index in [0.29, 0.717) is 13.3 Å². The zero-order chi connectivity index (χ0) is 20.2. The highest BCUT2D eigenvalue weighted by atomic mass is 127. The molecule has 0 aliphatic carbocycles. The number of thiazole rings is 1. The summed E-state index contributed by atoms with van der Waals surface area (Å²) in [5, 5.41) is 4.56. The van der Waals surface area contributed by atoms with Crippen molar-refractivity contribution in [2.75, 3.05) is 39.5 Å². The highest BCUT2D eigenvalue weighted by molar-refractivity contribution is 14.0. The maximum absolute atomic E-state index is 5.50. The Kier molecular flexibility index (Phi) is 8.18. The van der Waals surface area contributed by atoms with Crippen molar-refractivity contribution in [2.45, 2.75) is 33.9 Å². The normalized spacial score (nSPS) is 16.5. The average molecular weight is 543 g/mol. The fourth-order valence-corrected chi connectivity index (χ4v) is 4.57. The number of guanidine groups is 1. The van der Waals surface area contributed by atoms with Gasteiger partial charge in [0.15, 0.2) is 17.5 Å². The summed E-state index contributed by atoms with van der Waals surface area (Å²) in [6, 6.07) is 6.23. The minimum atomic E-state index is 0. The summed E-state index contributed by atoms with van der Waals surface area (Å²) in [6.45, 7) is 13.0. The molecule has 2 aliphatic rings. The van der Waals surface area contributed by atoms with Gasteiger partial charge < -0.3 is 19.7 Å². The van der Waals surface area contributed by atoms with E-state index in [-0.39, 0.29) is 24.0 Å². The van der Waals surface area contributed by atoms with Crippen molar-refractivity contribution in [3.05, 3.63) is 39.3 Å². The second kappa shape index (κ2) is 10.6. The molecule has 3 heterocycles. The minimum absolute atomic E-state index is 0. The van der Waals surface area contributed by atoms with Crippen LogP contribution in [-0.4, -0.2) is 60.3 Å². The van der Waals surface area contributed by atoms with Gasteiger partial charge in [-0.3, -0.25) is 4.90 Å². The third kappa shape index (κ3) is 5.55. The van der Waals surface area contributed by atoms with Crippen LogP contribution in [-0.2, 0) is 13.1 Å². The molecule has 7 nitrogen and oxygen atoms in total. The molecule has 2 aromatic rings. The van der Waals surface area contributed by atoms with Crippen LogP contribution in [0.1, 0.15) is 28.1 Å². The van der Waals surface area contributed by atoms with Crippen LogP contribution in [0.2, 0.25) is 0 Å². The molecule has 1 aromatic carbocycles. The van der Waals surface area contributed by atoms with E-state index in [1.807, 2.05) is 6.07 Å². The quantitative estimate of drug-likeness (QED) is 0.355. The number of halogens is 1. The summed E-state index contributed by atoms with van der Waals surface area (Å²) in [5.74, 6) is 2.70. The summed E-state index contributed by atoms with van der Waals surface area (Å²) in [7, 11) is 0. The first-order chi connectivity index (χ1) is 14.1. The lowest BCUT2D eigenvalue weighted by molar-refractivity contribution is 0.171. The van der Waals surface area contributed by atoms with Crippen LogP contribution in [0.4, 0.5) is 0 Å². The Hall–Kier alpha value is -1.59. The van der Waals surface area contributed by atoms with Gasteiger partial charge in [0.1, 0.15) is 0 Å². The number of fused-ring (bicyclic) bond motifs is 1. The second-order valence-electron chi connectivity index (χ2n) is 7.36. The number of benzene rings is 1. The van der Waals surface area contributed by atoms with E-state index < -0.39 is 0 Å². The van der Waals surface area contributed by atoms with Crippen LogP contribution in [0.5, 0.6) is 11.5 Å². The predicted molar refractivity (Wildman–Crippen MR) is 131 cm³/mol. The number of nitrogens with zero attached hydrogens (tertiary/aromatic N) is 4. The smallest absolute Gasteiger partial charge is 0.231 e. The van der Waals surface area contributed by atoms with Crippen molar-refractivity contribution in [1.82, 2.24) is 20.1 Å². The van der Waals surface area contributed by atoms with E-state index in [4.69, 9.17) is 14.5 Å². The van der Waals surface area contributed by atoms with Gasteiger partial charge in [0, 0.05) is 44.1 Å². The molecule has 0 atom stereocenters. The molecule has 1 saturated heterocycles. The Labute approximate surface area is 199 Å². The fraction of sp³-hybridized carbons (Fsp3) is 0.524. The molecule has 0 radical (unpaired) electrons. The Morgan fingerprint density at radius 1 is 1.17 bits per heavy atom. The number of ether oxygens (including phenoxy) is 2. The van der Waals surface area contributed by atoms with Crippen molar-refractivity contribution in [3.8, 4) is 11.5 Å². The van der Waals surface area contributed by atoms with Crippen molar-refractivity contribution < 1.29 is 9.47 Å². The third-order valence-electron chi connectivity index (χ3n) is 5.22. The van der Waals surface area contributed by atoms with Crippen LogP contribution in [0, 0.1) is 13.8 Å². The standard InChI is InChI=1S/C21H29N5O2S.HI/c1-4-22-21(23-12-20-15(2)24-16(3)29-20)26-9-7-25(8-10-26)13-17-5-6-18-19(11-17)28-14-27-18;/h5-6,11H,4,7-10,12-14H2,1-3H3,(H,22,23);1H. The largest absolute Gasteiger partial charge is 0.454 e. The Balaban J connectivity index is 0.00000256. The highest BCUT2D eigenvalue weighted by Crippen LogP contribution is 2.32. The second-order valence-corrected chi connectivity index (χ2v) is 8.65. The van der Waals surface area contributed by atoms with Gasteiger partial charge in [-0.25, -0.2) is 9.98 Å². The molecule has 0 bridgehead atoms. The van der Waals surface area contributed by atoms with Crippen molar-refractivity contribution in [2.24, 2.45) is 4.99 Å². The average Bonchev–Trinajstić information content (AvgIpc) is 3.31. The van der Waals surface area contributed by atoms with E-state index in [1.165, 1.54) is 10.4 Å². The van der Waals surface area contributed by atoms with Gasteiger partial charge in [-0.2, -0.15) is 0 Å². The number of aromatic nitrogens is 1. The summed E-state index contributed by atoms with van der Waals surface area (Å²) >= 11 is 1.74. The van der Waals surface area contributed by atoms with E-state index >= 15 is 0 Å². The third-order valence-corrected chi connectivity index (χ3v) is 6.28. The molecule has 1 N–H and O–H groups in total. The molecule has 2 aliphatic heterocycles. The van der Waals surface area contributed by atoms with Gasteiger partial charge in [0.05, 0.1) is 17.2 Å². The maximum Gasteiger partial charge on any atom is 0.231 e. The Morgan fingerprint density at radius 2 is 1.93 bits per heavy atom. The Bertz CT molecular complexity index is 880. The fourth-order valence-electron chi connectivity index (χ4n) is 3.71. The molecule has 30 heavy (non-hydrogen) atoms. The van der Waals surface area contributed by atoms with Gasteiger partial charge >= 0.3 is 0 Å². The monoisotopic (exact) mass is 543 g/mol. The number of nitrogens with one attached hydrogen (secondary N) is 1. The van der Waals surface area contributed by atoms with Crippen LogP contribution in [0.15, 0.2) is 23.2 Å². The highest BCUT2D eigenvalue weighted by Gasteiger charge is 2.21. The summed E-state index contributed by atoms with van der Waals surface area (Å²) in [4.78, 5) is 15.5. The Morgan fingerprint density at radius 3 is 2.63 bits per heavy atom. The lowest BCUT2D eigenvalue weighted by atomic mass is 10.1. The molecule has 0 saturated carbocycles. The summed E-state index contributed by atoms with van der Waals surface area (Å²) < 4.78 is 10.9. The van der Waals surface area contributed by atoms with Crippen LogP contribution in [0.25, 0.3) is 0 Å². The van der Waals surface area contributed by atoms with Gasteiger partial charge in [0.25, 0.3) is 0 Å². The number of rotatable bonds is 5. The molecular weight excluding hydrogens is 513 g/mol. The summed E-state index contributed by atoms with van der Waals surface area (Å²) in [5.41, 5.74) is 2.36. The number of hydrogen-bond acceptors (Lipinski definition) is 6. The molecule has 164 valence electrons. The first-order valence-corrected chi connectivity index (χ1v) is 11.0. The molecule has 1 aromatic heterocycles. The van der Waals surface area contributed by atoms with Gasteiger partial charge in [-0.1, -0.05) is 6.07 Å². The molecular formula is C21H30IN5O2S. The number of hydrogen-bond donors (Lipinski definition) is 1.